The minimum absolute atomic E-state index is 0.562. The van der Waals surface area contributed by atoms with Crippen LogP contribution in [0.4, 0.5) is 0 Å². The van der Waals surface area contributed by atoms with Gasteiger partial charge >= 0.3 is 0 Å². The Morgan fingerprint density at radius 2 is 2.09 bits per heavy atom. The zero-order valence-electron chi connectivity index (χ0n) is 13.1. The van der Waals surface area contributed by atoms with E-state index >= 15 is 0 Å². The molecule has 6 nitrogen and oxygen atoms in total. The molecule has 0 spiro atoms. The third-order valence-electron chi connectivity index (χ3n) is 4.31. The Balaban J connectivity index is 1.53. The lowest BCUT2D eigenvalue weighted by Crippen LogP contribution is -2.33. The molecule has 22 heavy (non-hydrogen) atoms. The molecular weight excluding hydrogens is 278 g/mol. The number of methoxy groups -OCH3 is 1. The van der Waals surface area contributed by atoms with Crippen LogP contribution in [0.15, 0.2) is 31.0 Å². The highest BCUT2D eigenvalue weighted by molar-refractivity contribution is 5.07. The van der Waals surface area contributed by atoms with Crippen LogP contribution in [0.5, 0.6) is 0 Å². The topological polar surface area (TPSA) is 56.1 Å². The molecule has 0 amide bonds. The molecule has 118 valence electrons. The van der Waals surface area contributed by atoms with Gasteiger partial charge in [0.2, 0.25) is 0 Å². The molecule has 0 radical (unpaired) electrons. The second kappa shape index (κ2) is 7.47. The van der Waals surface area contributed by atoms with E-state index in [1.807, 2.05) is 24.7 Å². The van der Waals surface area contributed by atoms with Crippen molar-refractivity contribution in [2.75, 3.05) is 26.8 Å². The van der Waals surface area contributed by atoms with Crippen molar-refractivity contribution >= 4 is 0 Å². The highest BCUT2D eigenvalue weighted by Crippen LogP contribution is 2.26. The smallest absolute Gasteiger partial charge is 0.122 e. The molecule has 0 atom stereocenters. The van der Waals surface area contributed by atoms with Gasteiger partial charge in [-0.15, -0.1) is 0 Å². The molecule has 0 aromatic carbocycles. The molecule has 1 fully saturated rings. The Morgan fingerprint density at radius 3 is 2.82 bits per heavy atom. The molecule has 0 saturated carbocycles. The van der Waals surface area contributed by atoms with Gasteiger partial charge in [0.05, 0.1) is 13.2 Å². The van der Waals surface area contributed by atoms with E-state index in [0.717, 1.165) is 51.5 Å². The van der Waals surface area contributed by atoms with Gasteiger partial charge in [0.25, 0.3) is 0 Å². The maximum Gasteiger partial charge on any atom is 0.122 e. The first kappa shape index (κ1) is 15.1. The van der Waals surface area contributed by atoms with Crippen LogP contribution in [0.1, 0.15) is 30.3 Å². The fourth-order valence-corrected chi connectivity index (χ4v) is 3.01. The van der Waals surface area contributed by atoms with Crippen molar-refractivity contribution in [3.63, 3.8) is 0 Å². The molecule has 3 rings (SSSR count). The number of aromatic nitrogens is 4. The minimum Gasteiger partial charge on any atom is -0.383 e. The number of nitrogens with zero attached hydrogens (tertiary/aromatic N) is 5. The summed E-state index contributed by atoms with van der Waals surface area (Å²) in [6, 6.07) is 2.04. The summed E-state index contributed by atoms with van der Waals surface area (Å²) in [5, 5.41) is 0. The summed E-state index contributed by atoms with van der Waals surface area (Å²) in [4.78, 5) is 15.3. The third kappa shape index (κ3) is 3.69. The summed E-state index contributed by atoms with van der Waals surface area (Å²) in [6.45, 7) is 4.67. The summed E-state index contributed by atoms with van der Waals surface area (Å²) in [7, 11) is 1.73. The quantitative estimate of drug-likeness (QED) is 0.813. The Kier molecular flexibility index (Phi) is 5.13. The van der Waals surface area contributed by atoms with Gasteiger partial charge in [-0.2, -0.15) is 0 Å². The molecule has 6 heteroatoms. The number of hydrogen-bond acceptors (Lipinski definition) is 5. The predicted molar refractivity (Wildman–Crippen MR) is 83.4 cm³/mol. The van der Waals surface area contributed by atoms with Gasteiger partial charge in [-0.25, -0.2) is 15.0 Å². The number of ether oxygens (including phenoxy) is 1. The van der Waals surface area contributed by atoms with Crippen molar-refractivity contribution in [2.24, 2.45) is 0 Å². The van der Waals surface area contributed by atoms with Gasteiger partial charge in [-0.05, 0) is 32.0 Å². The molecule has 0 aliphatic carbocycles. The van der Waals surface area contributed by atoms with Gasteiger partial charge in [-0.1, -0.05) is 0 Å². The number of likely N-dealkylation sites (tertiary alicyclic amines) is 1. The Labute approximate surface area is 131 Å². The molecule has 2 aromatic rings. The number of hydrogen-bond donors (Lipinski definition) is 0. The lowest BCUT2D eigenvalue weighted by atomic mass is 9.93. The number of imidazole rings is 1. The van der Waals surface area contributed by atoms with E-state index in [0.29, 0.717) is 5.92 Å². The monoisotopic (exact) mass is 301 g/mol. The third-order valence-corrected chi connectivity index (χ3v) is 4.31. The van der Waals surface area contributed by atoms with Crippen molar-refractivity contribution in [2.45, 2.75) is 31.8 Å². The molecule has 3 heterocycles. The van der Waals surface area contributed by atoms with Gasteiger partial charge in [-0.3, -0.25) is 4.90 Å². The molecular formula is C16H23N5O. The van der Waals surface area contributed by atoms with E-state index in [2.05, 4.69) is 24.4 Å². The summed E-state index contributed by atoms with van der Waals surface area (Å²) in [5.41, 5.74) is 1.18. The van der Waals surface area contributed by atoms with E-state index in [4.69, 9.17) is 4.74 Å². The van der Waals surface area contributed by atoms with Crippen molar-refractivity contribution in [3.05, 3.63) is 42.5 Å². The Bertz CT molecular complexity index is 563. The van der Waals surface area contributed by atoms with E-state index in [-0.39, 0.29) is 0 Å². The van der Waals surface area contributed by atoms with Gasteiger partial charge in [0.15, 0.2) is 0 Å². The fraction of sp³-hybridized carbons (Fsp3) is 0.562. The molecule has 1 saturated heterocycles. The first-order valence-corrected chi connectivity index (χ1v) is 7.84. The number of piperidine rings is 1. The van der Waals surface area contributed by atoms with Crippen LogP contribution in [-0.4, -0.2) is 51.2 Å². The number of rotatable bonds is 6. The largest absolute Gasteiger partial charge is 0.383 e. The zero-order chi connectivity index (χ0) is 15.2. The normalized spacial score (nSPS) is 17.0. The maximum absolute atomic E-state index is 5.15. The van der Waals surface area contributed by atoms with Gasteiger partial charge in [0, 0.05) is 43.9 Å². The van der Waals surface area contributed by atoms with Crippen LogP contribution in [0, 0.1) is 0 Å². The van der Waals surface area contributed by atoms with Crippen LogP contribution in [0.25, 0.3) is 0 Å². The first-order valence-electron chi connectivity index (χ1n) is 7.84. The summed E-state index contributed by atoms with van der Waals surface area (Å²) in [5.74, 6) is 1.69. The van der Waals surface area contributed by atoms with Crippen LogP contribution in [-0.2, 0) is 17.8 Å². The van der Waals surface area contributed by atoms with E-state index in [1.54, 1.807) is 13.4 Å². The standard InChI is InChI=1S/C16H23N5O/c1-22-11-10-21-9-6-18-16(21)12-20-7-3-14(4-8-20)15-2-5-17-13-19-15/h2,5-6,9,13-14H,3-4,7-8,10-12H2,1H3. The van der Waals surface area contributed by atoms with Crippen molar-refractivity contribution < 1.29 is 4.74 Å². The summed E-state index contributed by atoms with van der Waals surface area (Å²) in [6.07, 6.45) is 9.68. The average Bonchev–Trinajstić information content (AvgIpc) is 3.01. The van der Waals surface area contributed by atoms with E-state index in [9.17, 15) is 0 Å². The average molecular weight is 301 g/mol. The van der Waals surface area contributed by atoms with Crippen molar-refractivity contribution in [3.8, 4) is 0 Å². The second-order valence-electron chi connectivity index (χ2n) is 5.71. The first-order chi connectivity index (χ1) is 10.9. The van der Waals surface area contributed by atoms with Crippen LogP contribution < -0.4 is 0 Å². The molecule has 1 aliphatic rings. The van der Waals surface area contributed by atoms with Crippen molar-refractivity contribution in [1.82, 2.24) is 24.4 Å². The fourth-order valence-electron chi connectivity index (χ4n) is 3.01. The minimum atomic E-state index is 0.562. The molecule has 0 unspecified atom stereocenters. The summed E-state index contributed by atoms with van der Waals surface area (Å²) < 4.78 is 7.33. The SMILES string of the molecule is COCCn1ccnc1CN1CCC(c2ccncn2)CC1. The van der Waals surface area contributed by atoms with Crippen LogP contribution >= 0.6 is 0 Å². The Hall–Kier alpha value is -1.79. The lowest BCUT2D eigenvalue weighted by Gasteiger charge is -2.31. The predicted octanol–water partition coefficient (Wildman–Crippen LogP) is 1.70. The molecule has 0 N–H and O–H groups in total. The summed E-state index contributed by atoms with van der Waals surface area (Å²) >= 11 is 0. The molecule has 1 aliphatic heterocycles. The van der Waals surface area contributed by atoms with E-state index < -0.39 is 0 Å². The highest BCUT2D eigenvalue weighted by atomic mass is 16.5. The highest BCUT2D eigenvalue weighted by Gasteiger charge is 2.22. The van der Waals surface area contributed by atoms with E-state index in [1.165, 1.54) is 5.69 Å². The van der Waals surface area contributed by atoms with Gasteiger partial charge in [0.1, 0.15) is 12.2 Å². The van der Waals surface area contributed by atoms with Crippen LogP contribution in [0.3, 0.4) is 0 Å². The molecule has 2 aromatic heterocycles. The second-order valence-corrected chi connectivity index (χ2v) is 5.71. The molecule has 0 bridgehead atoms. The maximum atomic E-state index is 5.15. The van der Waals surface area contributed by atoms with Crippen LogP contribution in [0.2, 0.25) is 0 Å². The van der Waals surface area contributed by atoms with Crippen molar-refractivity contribution in [1.29, 1.82) is 0 Å². The Morgan fingerprint density at radius 1 is 1.23 bits per heavy atom. The zero-order valence-corrected chi connectivity index (χ0v) is 13.1. The lowest BCUT2D eigenvalue weighted by molar-refractivity contribution is 0.177. The van der Waals surface area contributed by atoms with Gasteiger partial charge < -0.3 is 9.30 Å².